The molecule has 6 nitrogen and oxygen atoms in total. The number of benzene rings is 2. The molecule has 3 atom stereocenters. The van der Waals surface area contributed by atoms with Gasteiger partial charge in [0.2, 0.25) is 0 Å². The average molecular weight is 363 g/mol. The summed E-state index contributed by atoms with van der Waals surface area (Å²) in [4.78, 5) is 24.8. The van der Waals surface area contributed by atoms with Gasteiger partial charge in [0.25, 0.3) is 11.6 Å². The molecule has 2 aromatic carbocycles. The fraction of sp³-hybridized carbons (Fsp3) is 0.286. The highest BCUT2D eigenvalue weighted by molar-refractivity contribution is 6.00. The van der Waals surface area contributed by atoms with Crippen LogP contribution in [0.4, 0.5) is 11.4 Å². The Hall–Kier alpha value is -3.15. The third-order valence-electron chi connectivity index (χ3n) is 5.50. The SMILES string of the molecule is CN(C)C(=O)c1cccc2c1N[C@@H](c1ccc([N+](=O)[O-])cc1)[C@H]1CC=C[C@@H]21. The Morgan fingerprint density at radius 2 is 1.93 bits per heavy atom. The third-order valence-corrected chi connectivity index (χ3v) is 5.50. The first-order valence-electron chi connectivity index (χ1n) is 8.99. The number of non-ortho nitro benzene ring substituents is 1. The van der Waals surface area contributed by atoms with Crippen molar-refractivity contribution in [2.45, 2.75) is 18.4 Å². The topological polar surface area (TPSA) is 75.5 Å². The van der Waals surface area contributed by atoms with Gasteiger partial charge in [-0.2, -0.15) is 0 Å². The van der Waals surface area contributed by atoms with E-state index in [0.717, 1.165) is 23.2 Å². The van der Waals surface area contributed by atoms with Crippen molar-refractivity contribution in [1.82, 2.24) is 4.90 Å². The Kier molecular flexibility index (Phi) is 4.18. The van der Waals surface area contributed by atoms with Crippen molar-refractivity contribution in [2.24, 2.45) is 5.92 Å². The first kappa shape index (κ1) is 17.3. The van der Waals surface area contributed by atoms with Gasteiger partial charge in [0.1, 0.15) is 0 Å². The minimum Gasteiger partial charge on any atom is -0.377 e. The number of nitro groups is 1. The lowest BCUT2D eigenvalue weighted by molar-refractivity contribution is -0.384. The van der Waals surface area contributed by atoms with E-state index in [2.05, 4.69) is 23.5 Å². The van der Waals surface area contributed by atoms with Gasteiger partial charge in [0.15, 0.2) is 0 Å². The molecule has 2 aliphatic rings. The Bertz CT molecular complexity index is 934. The quantitative estimate of drug-likeness (QED) is 0.506. The van der Waals surface area contributed by atoms with Gasteiger partial charge in [-0.15, -0.1) is 0 Å². The normalized spacial score (nSPS) is 22.5. The van der Waals surface area contributed by atoms with E-state index in [4.69, 9.17) is 0 Å². The number of rotatable bonds is 3. The Morgan fingerprint density at radius 3 is 2.59 bits per heavy atom. The van der Waals surface area contributed by atoms with Crippen LogP contribution in [0.3, 0.4) is 0 Å². The second-order valence-corrected chi connectivity index (χ2v) is 7.29. The Balaban J connectivity index is 1.78. The van der Waals surface area contributed by atoms with Gasteiger partial charge in [0.05, 0.1) is 22.2 Å². The average Bonchev–Trinajstić information content (AvgIpc) is 3.16. The number of nitrogens with one attached hydrogen (secondary N) is 1. The molecule has 1 aliphatic heterocycles. The Labute approximate surface area is 157 Å². The van der Waals surface area contributed by atoms with Crippen LogP contribution in [0, 0.1) is 16.0 Å². The molecule has 0 fully saturated rings. The molecule has 138 valence electrons. The minimum absolute atomic E-state index is 0.00517. The van der Waals surface area contributed by atoms with Crippen molar-refractivity contribution in [3.05, 3.63) is 81.4 Å². The van der Waals surface area contributed by atoms with Crippen molar-refractivity contribution in [1.29, 1.82) is 0 Å². The van der Waals surface area contributed by atoms with E-state index in [0.29, 0.717) is 11.5 Å². The van der Waals surface area contributed by atoms with Crippen molar-refractivity contribution in [2.75, 3.05) is 19.4 Å². The molecule has 0 bridgehead atoms. The largest absolute Gasteiger partial charge is 0.377 e. The van der Waals surface area contributed by atoms with Gasteiger partial charge in [-0.25, -0.2) is 0 Å². The first-order chi connectivity index (χ1) is 13.0. The predicted octanol–water partition coefficient (Wildman–Crippen LogP) is 4.12. The van der Waals surface area contributed by atoms with Crippen LogP contribution < -0.4 is 5.32 Å². The lowest BCUT2D eigenvalue weighted by Gasteiger charge is -2.38. The van der Waals surface area contributed by atoms with Crippen LogP contribution >= 0.6 is 0 Å². The molecule has 0 aromatic heterocycles. The smallest absolute Gasteiger partial charge is 0.269 e. The minimum atomic E-state index is -0.388. The first-order valence-corrected chi connectivity index (χ1v) is 8.99. The van der Waals surface area contributed by atoms with Gasteiger partial charge < -0.3 is 10.2 Å². The summed E-state index contributed by atoms with van der Waals surface area (Å²) in [7, 11) is 3.49. The zero-order chi connectivity index (χ0) is 19.1. The number of carbonyl (C=O) groups excluding carboxylic acids is 1. The molecule has 0 saturated carbocycles. The van der Waals surface area contributed by atoms with Gasteiger partial charge in [-0.3, -0.25) is 14.9 Å². The number of anilines is 1. The van der Waals surface area contributed by atoms with Crippen molar-refractivity contribution >= 4 is 17.3 Å². The number of amides is 1. The van der Waals surface area contributed by atoms with E-state index in [1.54, 1.807) is 31.1 Å². The highest BCUT2D eigenvalue weighted by atomic mass is 16.6. The lowest BCUT2D eigenvalue weighted by atomic mass is 9.76. The van der Waals surface area contributed by atoms with Crippen molar-refractivity contribution in [3.8, 4) is 0 Å². The van der Waals surface area contributed by atoms with E-state index in [1.165, 1.54) is 0 Å². The van der Waals surface area contributed by atoms with Gasteiger partial charge in [-0.1, -0.05) is 36.4 Å². The summed E-state index contributed by atoms with van der Waals surface area (Å²) in [6.45, 7) is 0. The van der Waals surface area contributed by atoms with Gasteiger partial charge >= 0.3 is 0 Å². The van der Waals surface area contributed by atoms with Crippen LogP contribution in [-0.4, -0.2) is 29.8 Å². The summed E-state index contributed by atoms with van der Waals surface area (Å²) < 4.78 is 0. The number of carbonyl (C=O) groups is 1. The highest BCUT2D eigenvalue weighted by Gasteiger charge is 2.39. The maximum absolute atomic E-state index is 12.7. The standard InChI is InChI=1S/C21H21N3O3/c1-23(2)21(25)18-8-4-7-17-15-5-3-6-16(15)19(22-20(17)18)13-9-11-14(12-10-13)24(26)27/h3-5,7-12,15-16,19,22H,6H2,1-2H3/t15-,16+,19+/m1/s1. The number of hydrogen-bond donors (Lipinski definition) is 1. The maximum atomic E-state index is 12.7. The molecule has 0 spiro atoms. The Morgan fingerprint density at radius 1 is 1.19 bits per heavy atom. The summed E-state index contributed by atoms with van der Waals surface area (Å²) >= 11 is 0. The molecule has 1 amide bonds. The van der Waals surface area contributed by atoms with E-state index >= 15 is 0 Å². The van der Waals surface area contributed by atoms with Crippen molar-refractivity contribution in [3.63, 3.8) is 0 Å². The molecule has 1 N–H and O–H groups in total. The number of fused-ring (bicyclic) bond motifs is 3. The van der Waals surface area contributed by atoms with Crippen LogP contribution in [0.2, 0.25) is 0 Å². The van der Waals surface area contributed by atoms with Crippen LogP contribution in [0.1, 0.15) is 39.9 Å². The number of allylic oxidation sites excluding steroid dienone is 2. The van der Waals surface area contributed by atoms with Crippen LogP contribution in [0.15, 0.2) is 54.6 Å². The molecule has 1 aliphatic carbocycles. The fourth-order valence-corrected chi connectivity index (χ4v) is 4.17. The summed E-state index contributed by atoms with van der Waals surface area (Å²) in [6.07, 6.45) is 5.34. The number of nitrogens with zero attached hydrogens (tertiary/aromatic N) is 2. The van der Waals surface area contributed by atoms with E-state index < -0.39 is 0 Å². The summed E-state index contributed by atoms with van der Waals surface area (Å²) in [5.41, 5.74) is 3.74. The zero-order valence-corrected chi connectivity index (χ0v) is 15.3. The second-order valence-electron chi connectivity index (χ2n) is 7.29. The fourth-order valence-electron chi connectivity index (χ4n) is 4.17. The monoisotopic (exact) mass is 363 g/mol. The molecule has 6 heteroatoms. The van der Waals surface area contributed by atoms with E-state index in [9.17, 15) is 14.9 Å². The van der Waals surface area contributed by atoms with Crippen LogP contribution in [-0.2, 0) is 0 Å². The zero-order valence-electron chi connectivity index (χ0n) is 15.3. The van der Waals surface area contributed by atoms with Crippen LogP contribution in [0.5, 0.6) is 0 Å². The van der Waals surface area contributed by atoms with E-state index in [-0.39, 0.29) is 28.5 Å². The molecule has 27 heavy (non-hydrogen) atoms. The second kappa shape index (κ2) is 6.54. The molecule has 4 rings (SSSR count). The van der Waals surface area contributed by atoms with Crippen molar-refractivity contribution < 1.29 is 9.72 Å². The van der Waals surface area contributed by atoms with E-state index in [1.807, 2.05) is 24.3 Å². The number of para-hydroxylation sites is 1. The number of nitro benzene ring substituents is 1. The highest BCUT2D eigenvalue weighted by Crippen LogP contribution is 2.50. The predicted molar refractivity (Wildman–Crippen MR) is 104 cm³/mol. The molecule has 0 saturated heterocycles. The molecular weight excluding hydrogens is 342 g/mol. The summed E-state index contributed by atoms with van der Waals surface area (Å²) in [5, 5.41) is 14.5. The van der Waals surface area contributed by atoms with Crippen LogP contribution in [0.25, 0.3) is 0 Å². The van der Waals surface area contributed by atoms with Gasteiger partial charge in [-0.05, 0) is 29.5 Å². The maximum Gasteiger partial charge on any atom is 0.269 e. The molecule has 0 radical (unpaired) electrons. The number of hydrogen-bond acceptors (Lipinski definition) is 4. The lowest BCUT2D eigenvalue weighted by Crippen LogP contribution is -2.31. The van der Waals surface area contributed by atoms with Gasteiger partial charge in [0, 0.05) is 32.1 Å². The molecular formula is C21H21N3O3. The molecule has 2 aromatic rings. The third kappa shape index (κ3) is 2.87. The summed E-state index contributed by atoms with van der Waals surface area (Å²) in [6, 6.07) is 12.6. The summed E-state index contributed by atoms with van der Waals surface area (Å²) in [5.74, 6) is 0.516. The molecule has 0 unspecified atom stereocenters. The molecule has 1 heterocycles.